The van der Waals surface area contributed by atoms with Gasteiger partial charge in [0.15, 0.2) is 5.15 Å². The van der Waals surface area contributed by atoms with Crippen LogP contribution in [0.15, 0.2) is 59.5 Å². The minimum atomic E-state index is -0.142. The summed E-state index contributed by atoms with van der Waals surface area (Å²) in [5.41, 5.74) is 4.52. The highest BCUT2D eigenvalue weighted by Gasteiger charge is 2.26. The maximum Gasteiger partial charge on any atom is 0.333 e. The molecule has 10 heteroatoms. The normalized spacial score (nSPS) is 17.6. The van der Waals surface area contributed by atoms with E-state index < -0.39 is 0 Å². The number of nitrogens with one attached hydrogen (secondary N) is 1. The van der Waals surface area contributed by atoms with Crippen LogP contribution in [0.3, 0.4) is 0 Å². The molecule has 0 aliphatic heterocycles. The van der Waals surface area contributed by atoms with E-state index in [0.29, 0.717) is 33.9 Å². The lowest BCUT2D eigenvalue weighted by Gasteiger charge is -2.29. The Hall–Kier alpha value is -3.62. The highest BCUT2D eigenvalue weighted by atomic mass is 35.5. The van der Waals surface area contributed by atoms with E-state index in [-0.39, 0.29) is 17.6 Å². The number of nitrogens with zero attached hydrogens (tertiary/aromatic N) is 5. The van der Waals surface area contributed by atoms with Crippen LogP contribution in [0.4, 0.5) is 0 Å². The van der Waals surface area contributed by atoms with Gasteiger partial charge in [-0.15, -0.1) is 0 Å². The number of pyridine rings is 1. The fourth-order valence-corrected chi connectivity index (χ4v) is 6.15. The van der Waals surface area contributed by atoms with E-state index in [9.17, 15) is 9.59 Å². The van der Waals surface area contributed by atoms with E-state index in [0.717, 1.165) is 53.3 Å². The van der Waals surface area contributed by atoms with Gasteiger partial charge in [0.05, 0.1) is 38.5 Å². The van der Waals surface area contributed by atoms with E-state index in [1.807, 2.05) is 54.1 Å². The number of carbonyl (C=O) groups excluding carboxylic acids is 1. The van der Waals surface area contributed by atoms with Crippen LogP contribution in [-0.4, -0.2) is 35.8 Å². The van der Waals surface area contributed by atoms with Gasteiger partial charge in [0, 0.05) is 31.2 Å². The first kappa shape index (κ1) is 25.6. The third-order valence-electron chi connectivity index (χ3n) is 7.80. The molecule has 39 heavy (non-hydrogen) atoms. The monoisotopic (exact) mass is 562 g/mol. The molecule has 0 bridgehead atoms. The van der Waals surface area contributed by atoms with Crippen molar-refractivity contribution in [1.29, 1.82) is 0 Å². The summed E-state index contributed by atoms with van der Waals surface area (Å²) < 4.78 is 5.38. The Kier molecular flexibility index (Phi) is 6.69. The molecule has 3 heterocycles. The molecule has 1 N–H and O–H groups in total. The Morgan fingerprint density at radius 2 is 1.77 bits per heavy atom. The lowest BCUT2D eigenvalue weighted by atomic mass is 9.85. The molecule has 1 aliphatic rings. The number of fused-ring (bicyclic) bond motifs is 2. The van der Waals surface area contributed by atoms with Gasteiger partial charge < -0.3 is 5.32 Å². The van der Waals surface area contributed by atoms with Crippen LogP contribution in [0.1, 0.15) is 41.7 Å². The van der Waals surface area contributed by atoms with Crippen LogP contribution in [0.2, 0.25) is 10.2 Å². The Balaban J connectivity index is 1.22. The topological polar surface area (TPSA) is 86.7 Å². The van der Waals surface area contributed by atoms with Gasteiger partial charge >= 0.3 is 5.69 Å². The summed E-state index contributed by atoms with van der Waals surface area (Å²) in [4.78, 5) is 30.8. The molecule has 8 nitrogen and oxygen atoms in total. The third kappa shape index (κ3) is 4.72. The third-order valence-corrected chi connectivity index (χ3v) is 8.29. The Morgan fingerprint density at radius 3 is 2.54 bits per heavy atom. The first-order chi connectivity index (χ1) is 18.8. The SMILES string of the molecule is Cc1ncc(Cl)cc1C(=O)NC1CCC(Cn2c(=O)n(-c3ccc4c(Cl)nn(C)c4c3)c3ccccc32)CC1. The Bertz CT molecular complexity index is 1780. The van der Waals surface area contributed by atoms with Gasteiger partial charge in [-0.2, -0.15) is 5.10 Å². The summed E-state index contributed by atoms with van der Waals surface area (Å²) in [6.45, 7) is 2.43. The highest BCUT2D eigenvalue weighted by Crippen LogP contribution is 2.29. The largest absolute Gasteiger partial charge is 0.349 e. The maximum atomic E-state index is 13.8. The van der Waals surface area contributed by atoms with Crippen molar-refractivity contribution in [3.8, 4) is 5.69 Å². The van der Waals surface area contributed by atoms with Crippen molar-refractivity contribution >= 4 is 51.0 Å². The van der Waals surface area contributed by atoms with Crippen LogP contribution in [0, 0.1) is 12.8 Å². The number of aryl methyl sites for hydroxylation is 2. The van der Waals surface area contributed by atoms with Crippen molar-refractivity contribution in [2.24, 2.45) is 13.0 Å². The standard InChI is InChI=1S/C29H28Cl2N6O2/c1-17-23(13-19(30)15-32-17)28(38)33-20-9-7-18(8-10-20)16-36-24-5-3-4-6-25(24)37(29(36)39)21-11-12-22-26(14-21)35(2)34-27(22)31/h3-6,11-15,18,20H,7-10,16H2,1-2H3,(H,33,38). The molecule has 3 aromatic heterocycles. The predicted molar refractivity (Wildman–Crippen MR) is 154 cm³/mol. The van der Waals surface area contributed by atoms with E-state index >= 15 is 0 Å². The molecule has 200 valence electrons. The van der Waals surface area contributed by atoms with Crippen LogP contribution >= 0.6 is 23.2 Å². The zero-order valence-corrected chi connectivity index (χ0v) is 23.2. The van der Waals surface area contributed by atoms with Gasteiger partial charge in [0.1, 0.15) is 0 Å². The Morgan fingerprint density at radius 1 is 1.03 bits per heavy atom. The first-order valence-electron chi connectivity index (χ1n) is 13.1. The zero-order chi connectivity index (χ0) is 27.3. The number of aromatic nitrogens is 5. The van der Waals surface area contributed by atoms with E-state index in [1.165, 1.54) is 0 Å². The molecule has 1 aliphatic carbocycles. The number of halogens is 2. The first-order valence-corrected chi connectivity index (χ1v) is 13.8. The molecule has 0 spiro atoms. The molecule has 1 saturated carbocycles. The molecular formula is C29H28Cl2N6O2. The van der Waals surface area contributed by atoms with E-state index in [2.05, 4.69) is 15.4 Å². The summed E-state index contributed by atoms with van der Waals surface area (Å²) in [6, 6.07) is 15.4. The van der Waals surface area contributed by atoms with Crippen molar-refractivity contribution < 1.29 is 4.79 Å². The molecular weight excluding hydrogens is 535 g/mol. The predicted octanol–water partition coefficient (Wildman–Crippen LogP) is 5.68. The quantitative estimate of drug-likeness (QED) is 0.298. The molecule has 1 amide bonds. The smallest absolute Gasteiger partial charge is 0.333 e. The summed E-state index contributed by atoms with van der Waals surface area (Å²) in [5, 5.41) is 9.19. The molecule has 1 fully saturated rings. The molecule has 0 saturated heterocycles. The maximum absolute atomic E-state index is 13.8. The second-order valence-corrected chi connectivity index (χ2v) is 11.1. The Labute approximate surface area is 235 Å². The molecule has 0 unspecified atom stereocenters. The fraction of sp³-hybridized carbons (Fsp3) is 0.310. The van der Waals surface area contributed by atoms with Gasteiger partial charge in [-0.3, -0.25) is 23.6 Å². The van der Waals surface area contributed by atoms with Crippen LogP contribution < -0.4 is 11.0 Å². The van der Waals surface area contributed by atoms with E-state index in [4.69, 9.17) is 23.2 Å². The number of amides is 1. The number of benzene rings is 2. The van der Waals surface area contributed by atoms with E-state index in [1.54, 1.807) is 28.4 Å². The zero-order valence-electron chi connectivity index (χ0n) is 21.7. The molecule has 2 aromatic carbocycles. The van der Waals surface area contributed by atoms with Crippen molar-refractivity contribution in [2.75, 3.05) is 0 Å². The number of carbonyl (C=O) groups is 1. The summed E-state index contributed by atoms with van der Waals surface area (Å²) in [6.07, 6.45) is 5.10. The van der Waals surface area contributed by atoms with Crippen molar-refractivity contribution in [1.82, 2.24) is 29.2 Å². The molecule has 0 radical (unpaired) electrons. The molecule has 0 atom stereocenters. The number of hydrogen-bond acceptors (Lipinski definition) is 4. The van der Waals surface area contributed by atoms with Crippen molar-refractivity contribution in [3.63, 3.8) is 0 Å². The summed E-state index contributed by atoms with van der Waals surface area (Å²) >= 11 is 12.3. The van der Waals surface area contributed by atoms with Gasteiger partial charge in [0.2, 0.25) is 0 Å². The second-order valence-electron chi connectivity index (χ2n) is 10.3. The van der Waals surface area contributed by atoms with Gasteiger partial charge in [-0.1, -0.05) is 35.3 Å². The minimum absolute atomic E-state index is 0.0665. The van der Waals surface area contributed by atoms with Crippen molar-refractivity contribution in [2.45, 2.75) is 45.2 Å². The lowest BCUT2D eigenvalue weighted by molar-refractivity contribution is 0.0919. The van der Waals surface area contributed by atoms with Gasteiger partial charge in [0.25, 0.3) is 5.91 Å². The number of para-hydroxylation sites is 2. The number of imidazole rings is 1. The number of hydrogen-bond donors (Lipinski definition) is 1. The minimum Gasteiger partial charge on any atom is -0.349 e. The highest BCUT2D eigenvalue weighted by molar-refractivity contribution is 6.34. The number of rotatable bonds is 5. The van der Waals surface area contributed by atoms with Crippen LogP contribution in [-0.2, 0) is 13.6 Å². The van der Waals surface area contributed by atoms with Gasteiger partial charge in [-0.25, -0.2) is 4.79 Å². The van der Waals surface area contributed by atoms with Crippen LogP contribution in [0.25, 0.3) is 27.6 Å². The average Bonchev–Trinajstić information content (AvgIpc) is 3.37. The lowest BCUT2D eigenvalue weighted by Crippen LogP contribution is -2.39. The van der Waals surface area contributed by atoms with Crippen LogP contribution in [0.5, 0.6) is 0 Å². The van der Waals surface area contributed by atoms with Gasteiger partial charge in [-0.05, 0) is 74.9 Å². The molecule has 5 aromatic rings. The molecule has 6 rings (SSSR count). The summed E-state index contributed by atoms with van der Waals surface area (Å²) in [7, 11) is 1.84. The fourth-order valence-electron chi connectivity index (χ4n) is 5.72. The average molecular weight is 563 g/mol. The summed E-state index contributed by atoms with van der Waals surface area (Å²) in [5.74, 6) is 0.194. The second kappa shape index (κ2) is 10.2. The van der Waals surface area contributed by atoms with Crippen molar-refractivity contribution in [3.05, 3.63) is 86.6 Å².